The smallest absolute Gasteiger partial charge is 0.264 e. The lowest BCUT2D eigenvalue weighted by Crippen LogP contribution is -2.50. The fraction of sp³-hybridized carbons (Fsp3) is 0.259. The molecule has 3 aromatic carbocycles. The molecule has 0 bridgehead atoms. The first-order valence-corrected chi connectivity index (χ1v) is 14.0. The maximum absolute atomic E-state index is 13.8. The van der Waals surface area contributed by atoms with Gasteiger partial charge in [0.15, 0.2) is 0 Å². The summed E-state index contributed by atoms with van der Waals surface area (Å²) in [6.45, 7) is 3.40. The first-order valence-electron chi connectivity index (χ1n) is 11.8. The maximum Gasteiger partial charge on any atom is 0.264 e. The molecule has 38 heavy (non-hydrogen) atoms. The summed E-state index contributed by atoms with van der Waals surface area (Å²) in [7, 11) is -2.71. The molecule has 0 aliphatic rings. The Labute approximate surface area is 233 Å². The first kappa shape index (κ1) is 29.3. The van der Waals surface area contributed by atoms with E-state index in [9.17, 15) is 18.0 Å². The lowest BCUT2D eigenvalue weighted by atomic mass is 10.1. The lowest BCUT2D eigenvalue weighted by Gasteiger charge is -2.31. The Morgan fingerprint density at radius 2 is 1.47 bits per heavy atom. The Balaban J connectivity index is 2.02. The standard InChI is InChI=1S/C27H29Cl2N3O5S/c1-4-37-24-13-11-23(12-14-24)32(38(35,36)25-15-9-22(29)10-16-25)18-26(33)31(19(2)27(34)30-3)17-20-5-7-21(28)8-6-20/h5-16,19H,4,17-18H2,1-3H3,(H,30,34). The molecule has 0 heterocycles. The summed E-state index contributed by atoms with van der Waals surface area (Å²) in [5, 5.41) is 3.45. The highest BCUT2D eigenvalue weighted by atomic mass is 35.5. The van der Waals surface area contributed by atoms with E-state index < -0.39 is 28.5 Å². The summed E-state index contributed by atoms with van der Waals surface area (Å²) < 4.78 is 34.0. The van der Waals surface area contributed by atoms with Gasteiger partial charge in [0.05, 0.1) is 17.2 Å². The van der Waals surface area contributed by atoms with Crippen molar-refractivity contribution in [3.8, 4) is 5.75 Å². The molecule has 1 atom stereocenters. The molecule has 0 aliphatic heterocycles. The number of carbonyl (C=O) groups is 2. The van der Waals surface area contributed by atoms with Gasteiger partial charge in [0.1, 0.15) is 18.3 Å². The Bertz CT molecular complexity index is 1350. The number of hydrogen-bond donors (Lipinski definition) is 1. The van der Waals surface area contributed by atoms with Crippen LogP contribution in [0.2, 0.25) is 10.0 Å². The van der Waals surface area contributed by atoms with Crippen molar-refractivity contribution in [1.82, 2.24) is 10.2 Å². The number of ether oxygens (including phenoxy) is 1. The second-order valence-electron chi connectivity index (χ2n) is 8.33. The molecule has 3 rings (SSSR count). The number of amides is 2. The van der Waals surface area contributed by atoms with Gasteiger partial charge in [-0.2, -0.15) is 0 Å². The summed E-state index contributed by atoms with van der Waals surface area (Å²) in [5.41, 5.74) is 0.988. The number of anilines is 1. The number of nitrogens with one attached hydrogen (secondary N) is 1. The van der Waals surface area contributed by atoms with Gasteiger partial charge in [-0.05, 0) is 80.1 Å². The highest BCUT2D eigenvalue weighted by Crippen LogP contribution is 2.27. The van der Waals surface area contributed by atoms with Gasteiger partial charge in [-0.3, -0.25) is 13.9 Å². The van der Waals surface area contributed by atoms with Gasteiger partial charge < -0.3 is 15.0 Å². The first-order chi connectivity index (χ1) is 18.1. The fourth-order valence-electron chi connectivity index (χ4n) is 3.72. The molecule has 0 radical (unpaired) electrons. The third kappa shape index (κ3) is 7.18. The average molecular weight is 579 g/mol. The van der Waals surface area contributed by atoms with Gasteiger partial charge in [-0.25, -0.2) is 8.42 Å². The molecule has 1 unspecified atom stereocenters. The largest absolute Gasteiger partial charge is 0.494 e. The molecule has 1 N–H and O–H groups in total. The Kier molecular flexibility index (Phi) is 10.0. The molecule has 8 nitrogen and oxygen atoms in total. The molecule has 202 valence electrons. The second-order valence-corrected chi connectivity index (χ2v) is 11.1. The van der Waals surface area contributed by atoms with Crippen LogP contribution in [0.25, 0.3) is 0 Å². The van der Waals surface area contributed by atoms with Crippen molar-refractivity contribution in [3.05, 3.63) is 88.4 Å². The van der Waals surface area contributed by atoms with E-state index >= 15 is 0 Å². The zero-order valence-electron chi connectivity index (χ0n) is 21.2. The van der Waals surface area contributed by atoms with E-state index in [2.05, 4.69) is 5.32 Å². The zero-order chi connectivity index (χ0) is 27.9. The Hall–Kier alpha value is -3.27. The molecule has 0 saturated heterocycles. The number of benzene rings is 3. The third-order valence-electron chi connectivity index (χ3n) is 5.80. The van der Waals surface area contributed by atoms with E-state index in [0.29, 0.717) is 22.4 Å². The average Bonchev–Trinajstić information content (AvgIpc) is 2.91. The van der Waals surface area contributed by atoms with Gasteiger partial charge in [-0.1, -0.05) is 35.3 Å². The van der Waals surface area contributed by atoms with Gasteiger partial charge in [0.2, 0.25) is 11.8 Å². The minimum Gasteiger partial charge on any atom is -0.494 e. The summed E-state index contributed by atoms with van der Waals surface area (Å²) in [4.78, 5) is 27.6. The van der Waals surface area contributed by atoms with Crippen LogP contribution < -0.4 is 14.4 Å². The van der Waals surface area contributed by atoms with Gasteiger partial charge >= 0.3 is 0 Å². The van der Waals surface area contributed by atoms with Gasteiger partial charge in [-0.15, -0.1) is 0 Å². The molecular weight excluding hydrogens is 549 g/mol. The van der Waals surface area contributed by atoms with Crippen molar-refractivity contribution in [1.29, 1.82) is 0 Å². The van der Waals surface area contributed by atoms with Crippen molar-refractivity contribution in [2.75, 3.05) is 24.5 Å². The Morgan fingerprint density at radius 1 is 0.921 bits per heavy atom. The molecule has 0 aromatic heterocycles. The van der Waals surface area contributed by atoms with Crippen LogP contribution in [0.5, 0.6) is 5.75 Å². The molecular formula is C27H29Cl2N3O5S. The van der Waals surface area contributed by atoms with E-state index in [1.807, 2.05) is 6.92 Å². The van der Waals surface area contributed by atoms with E-state index in [1.165, 1.54) is 36.2 Å². The Morgan fingerprint density at radius 3 is 2.00 bits per heavy atom. The van der Waals surface area contributed by atoms with E-state index in [0.717, 1.165) is 9.87 Å². The number of halogens is 2. The number of hydrogen-bond acceptors (Lipinski definition) is 5. The highest BCUT2D eigenvalue weighted by Gasteiger charge is 2.32. The lowest BCUT2D eigenvalue weighted by molar-refractivity contribution is -0.139. The monoisotopic (exact) mass is 577 g/mol. The van der Waals surface area contributed by atoms with Crippen LogP contribution in [0.4, 0.5) is 5.69 Å². The molecule has 2 amide bonds. The van der Waals surface area contributed by atoms with Crippen LogP contribution in [0, 0.1) is 0 Å². The van der Waals surface area contributed by atoms with Crippen LogP contribution in [0.1, 0.15) is 19.4 Å². The predicted octanol–water partition coefficient (Wildman–Crippen LogP) is 4.75. The van der Waals surface area contributed by atoms with E-state index in [1.54, 1.807) is 55.5 Å². The third-order valence-corrected chi connectivity index (χ3v) is 8.09. The summed E-state index contributed by atoms with van der Waals surface area (Å²) in [6.07, 6.45) is 0. The number of nitrogens with zero attached hydrogens (tertiary/aromatic N) is 2. The fourth-order valence-corrected chi connectivity index (χ4v) is 5.38. The summed E-state index contributed by atoms with van der Waals surface area (Å²) in [5.74, 6) is -0.396. The predicted molar refractivity (Wildman–Crippen MR) is 149 cm³/mol. The highest BCUT2D eigenvalue weighted by molar-refractivity contribution is 7.92. The van der Waals surface area contributed by atoms with Crippen LogP contribution >= 0.6 is 23.2 Å². The minimum absolute atomic E-state index is 0.0350. The van der Waals surface area contributed by atoms with Crippen molar-refractivity contribution in [2.24, 2.45) is 0 Å². The molecule has 0 spiro atoms. The van der Waals surface area contributed by atoms with Crippen molar-refractivity contribution < 1.29 is 22.7 Å². The minimum atomic E-state index is -4.19. The molecule has 0 saturated carbocycles. The van der Waals surface area contributed by atoms with Crippen LogP contribution in [0.15, 0.2) is 77.7 Å². The van der Waals surface area contributed by atoms with Gasteiger partial charge in [0.25, 0.3) is 10.0 Å². The summed E-state index contributed by atoms with van der Waals surface area (Å²) in [6, 6.07) is 18.1. The van der Waals surface area contributed by atoms with Crippen molar-refractivity contribution in [2.45, 2.75) is 31.3 Å². The maximum atomic E-state index is 13.8. The molecule has 11 heteroatoms. The molecule has 3 aromatic rings. The number of carbonyl (C=O) groups excluding carboxylic acids is 2. The SMILES string of the molecule is CCOc1ccc(N(CC(=O)N(Cc2ccc(Cl)cc2)C(C)C(=O)NC)S(=O)(=O)c2ccc(Cl)cc2)cc1. The van der Waals surface area contributed by atoms with Crippen molar-refractivity contribution in [3.63, 3.8) is 0 Å². The van der Waals surface area contributed by atoms with E-state index in [4.69, 9.17) is 27.9 Å². The topological polar surface area (TPSA) is 96.0 Å². The number of likely N-dealkylation sites (N-methyl/N-ethyl adjacent to an activating group) is 1. The van der Waals surface area contributed by atoms with Gasteiger partial charge in [0, 0.05) is 23.6 Å². The van der Waals surface area contributed by atoms with E-state index in [-0.39, 0.29) is 23.0 Å². The second kappa shape index (κ2) is 13.0. The van der Waals surface area contributed by atoms with Crippen LogP contribution in [-0.4, -0.2) is 51.4 Å². The quantitative estimate of drug-likeness (QED) is 0.354. The van der Waals surface area contributed by atoms with Crippen LogP contribution in [0.3, 0.4) is 0 Å². The zero-order valence-corrected chi connectivity index (χ0v) is 23.6. The normalized spacial score (nSPS) is 11.9. The molecule has 0 fully saturated rings. The summed E-state index contributed by atoms with van der Waals surface area (Å²) >= 11 is 12.0. The van der Waals surface area contributed by atoms with Crippen LogP contribution in [-0.2, 0) is 26.2 Å². The van der Waals surface area contributed by atoms with Crippen molar-refractivity contribution >= 4 is 50.7 Å². The number of rotatable bonds is 11. The molecule has 0 aliphatic carbocycles. The number of sulfonamides is 1.